The van der Waals surface area contributed by atoms with Gasteiger partial charge in [-0.2, -0.15) is 4.39 Å². The first-order chi connectivity index (χ1) is 19.1. The molecule has 2 aliphatic rings. The number of hydrogen-bond donors (Lipinski definition) is 1. The molecule has 40 heavy (non-hydrogen) atoms. The highest BCUT2D eigenvalue weighted by Gasteiger charge is 2.58. The molecule has 1 aromatic heterocycles. The largest absolute Gasteiger partial charge is 0.394 e. The highest BCUT2D eigenvalue weighted by atomic mass is 19.1. The Hall–Kier alpha value is -2.33. The number of halogens is 1. The first-order valence-corrected chi connectivity index (χ1v) is 14.6. The summed E-state index contributed by atoms with van der Waals surface area (Å²) in [6.07, 6.45) is 10.6. The number of aliphatic hydroxyl groups excluding tert-OH is 1. The number of allylic oxidation sites excluding steroid dienone is 6. The van der Waals surface area contributed by atoms with E-state index in [1.165, 1.54) is 11.1 Å². The molecule has 0 aromatic carbocycles. The van der Waals surface area contributed by atoms with Crippen LogP contribution < -0.4 is 11.2 Å². The van der Waals surface area contributed by atoms with Gasteiger partial charge in [-0.1, -0.05) is 61.6 Å². The molecule has 0 aliphatic carbocycles. The van der Waals surface area contributed by atoms with Crippen molar-refractivity contribution in [3.8, 4) is 0 Å². The maximum Gasteiger partial charge on any atom is 0.333 e. The number of hydrogen-bond acceptors (Lipinski definition) is 6. The fraction of sp³-hybridized carbons (Fsp3) is 0.677. The minimum absolute atomic E-state index is 0.0538. The quantitative estimate of drug-likeness (QED) is 0.300. The third-order valence-electron chi connectivity index (χ3n) is 7.60. The predicted molar refractivity (Wildman–Crippen MR) is 154 cm³/mol. The summed E-state index contributed by atoms with van der Waals surface area (Å²) in [4.78, 5) is 26.1. The van der Waals surface area contributed by atoms with Crippen LogP contribution in [0.2, 0.25) is 0 Å². The molecule has 0 saturated carbocycles. The van der Waals surface area contributed by atoms with Gasteiger partial charge in [-0.05, 0) is 53.4 Å². The SMILES string of the molecule is CCCC1(CCC)O[C@@H]2[C@H](O1)[C@@H](CO)O[C@H]2n1cc(F)c(=O)n(CC=C(C)CCC=C(C)CCC=C(C)C)c1=O. The fourth-order valence-electron chi connectivity index (χ4n) is 5.51. The molecule has 2 aliphatic heterocycles. The average molecular weight is 563 g/mol. The van der Waals surface area contributed by atoms with Gasteiger partial charge in [0.1, 0.15) is 18.3 Å². The van der Waals surface area contributed by atoms with Crippen LogP contribution in [-0.2, 0) is 20.8 Å². The van der Waals surface area contributed by atoms with Crippen molar-refractivity contribution in [2.24, 2.45) is 0 Å². The molecule has 0 unspecified atom stereocenters. The van der Waals surface area contributed by atoms with Gasteiger partial charge in [0.15, 0.2) is 12.0 Å². The van der Waals surface area contributed by atoms with Gasteiger partial charge in [0, 0.05) is 19.4 Å². The van der Waals surface area contributed by atoms with Crippen molar-refractivity contribution < 1.29 is 23.7 Å². The van der Waals surface area contributed by atoms with Crippen LogP contribution in [0.4, 0.5) is 4.39 Å². The molecule has 0 radical (unpaired) electrons. The lowest BCUT2D eigenvalue weighted by molar-refractivity contribution is -0.227. The molecular formula is C31H47FN2O6. The highest BCUT2D eigenvalue weighted by molar-refractivity contribution is 5.07. The molecule has 3 rings (SSSR count). The molecule has 3 heterocycles. The Morgan fingerprint density at radius 3 is 2.17 bits per heavy atom. The van der Waals surface area contributed by atoms with E-state index >= 15 is 0 Å². The summed E-state index contributed by atoms with van der Waals surface area (Å²) in [7, 11) is 0. The second-order valence-corrected chi connectivity index (χ2v) is 11.4. The zero-order valence-electron chi connectivity index (χ0n) is 25.0. The minimum Gasteiger partial charge on any atom is -0.394 e. The zero-order chi connectivity index (χ0) is 29.4. The normalized spacial score (nSPS) is 24.4. The predicted octanol–water partition coefficient (Wildman–Crippen LogP) is 5.54. The summed E-state index contributed by atoms with van der Waals surface area (Å²) in [5.74, 6) is -1.90. The molecule has 2 fully saturated rings. The van der Waals surface area contributed by atoms with Gasteiger partial charge in [-0.25, -0.2) is 4.79 Å². The third kappa shape index (κ3) is 7.69. The van der Waals surface area contributed by atoms with E-state index in [1.807, 2.05) is 20.8 Å². The lowest BCUT2D eigenvalue weighted by Gasteiger charge is -2.31. The van der Waals surface area contributed by atoms with Crippen molar-refractivity contribution in [2.75, 3.05) is 6.61 Å². The molecule has 0 amide bonds. The Bertz CT molecular complexity index is 1200. The van der Waals surface area contributed by atoms with Crippen molar-refractivity contribution in [1.29, 1.82) is 0 Å². The second-order valence-electron chi connectivity index (χ2n) is 11.4. The Labute approximate surface area is 237 Å². The molecular weight excluding hydrogens is 515 g/mol. The van der Waals surface area contributed by atoms with Gasteiger partial charge < -0.3 is 19.3 Å². The van der Waals surface area contributed by atoms with Crippen LogP contribution in [-0.4, -0.2) is 44.9 Å². The monoisotopic (exact) mass is 562 g/mol. The van der Waals surface area contributed by atoms with Crippen LogP contribution in [0.5, 0.6) is 0 Å². The number of nitrogens with zero attached hydrogens (tertiary/aromatic N) is 2. The summed E-state index contributed by atoms with van der Waals surface area (Å²) < 4.78 is 35.4. The molecule has 9 heteroatoms. The number of rotatable bonds is 14. The van der Waals surface area contributed by atoms with Crippen LogP contribution in [0.1, 0.15) is 99.1 Å². The number of aliphatic hydroxyl groups is 1. The fourth-order valence-corrected chi connectivity index (χ4v) is 5.51. The molecule has 0 bridgehead atoms. The smallest absolute Gasteiger partial charge is 0.333 e. The molecule has 224 valence electrons. The standard InChI is InChI=1S/C31H47FN2O6/c1-7-16-31(17-8-2)39-26-25(20-35)38-29(27(26)40-31)34-19-24(32)28(36)33(30(34)37)18-15-23(6)14-10-13-22(5)12-9-11-21(3)4/h11,13,15,19,25-27,29,35H,7-10,12,14,16-18,20H2,1-6H3/t25-,26-,27-,29-/m1/s1. The van der Waals surface area contributed by atoms with E-state index in [9.17, 15) is 19.1 Å². The first kappa shape index (κ1) is 32.2. The Kier molecular flexibility index (Phi) is 11.7. The van der Waals surface area contributed by atoms with Crippen LogP contribution >= 0.6 is 0 Å². The summed E-state index contributed by atoms with van der Waals surface area (Å²) in [6.45, 7) is 11.9. The van der Waals surface area contributed by atoms with E-state index in [-0.39, 0.29) is 13.2 Å². The molecule has 4 atom stereocenters. The maximum atomic E-state index is 14.9. The van der Waals surface area contributed by atoms with Gasteiger partial charge in [-0.15, -0.1) is 0 Å². The summed E-state index contributed by atoms with van der Waals surface area (Å²) >= 11 is 0. The van der Waals surface area contributed by atoms with Crippen molar-refractivity contribution in [1.82, 2.24) is 9.13 Å². The topological polar surface area (TPSA) is 91.9 Å². The minimum atomic E-state index is -1.06. The Balaban J connectivity index is 1.78. The van der Waals surface area contributed by atoms with Gasteiger partial charge in [0.05, 0.1) is 12.8 Å². The summed E-state index contributed by atoms with van der Waals surface area (Å²) in [6, 6.07) is 0. The van der Waals surface area contributed by atoms with Gasteiger partial charge in [-0.3, -0.25) is 13.9 Å². The number of aromatic nitrogens is 2. The zero-order valence-corrected chi connectivity index (χ0v) is 25.0. The van der Waals surface area contributed by atoms with Crippen LogP contribution in [0, 0.1) is 5.82 Å². The van der Waals surface area contributed by atoms with Crippen LogP contribution in [0.25, 0.3) is 0 Å². The van der Waals surface area contributed by atoms with Gasteiger partial charge in [0.25, 0.3) is 5.56 Å². The van der Waals surface area contributed by atoms with Crippen LogP contribution in [0.15, 0.2) is 50.7 Å². The van der Waals surface area contributed by atoms with Gasteiger partial charge >= 0.3 is 5.69 Å². The Morgan fingerprint density at radius 2 is 1.57 bits per heavy atom. The maximum absolute atomic E-state index is 14.9. The van der Waals surface area contributed by atoms with Crippen molar-refractivity contribution in [3.63, 3.8) is 0 Å². The van der Waals surface area contributed by atoms with Gasteiger partial charge in [0.2, 0.25) is 5.82 Å². The number of fused-ring (bicyclic) bond motifs is 1. The second kappa shape index (κ2) is 14.5. The van der Waals surface area contributed by atoms with E-state index in [1.54, 1.807) is 6.08 Å². The van der Waals surface area contributed by atoms with E-state index in [4.69, 9.17) is 14.2 Å². The number of ether oxygens (including phenoxy) is 3. The highest BCUT2D eigenvalue weighted by Crippen LogP contribution is 2.46. The molecule has 8 nitrogen and oxygen atoms in total. The molecule has 1 N–H and O–H groups in total. The Morgan fingerprint density at radius 1 is 0.975 bits per heavy atom. The third-order valence-corrected chi connectivity index (χ3v) is 7.60. The van der Waals surface area contributed by atoms with Crippen LogP contribution in [0.3, 0.4) is 0 Å². The first-order valence-electron chi connectivity index (χ1n) is 14.6. The molecule has 0 spiro atoms. The molecule has 1 aromatic rings. The average Bonchev–Trinajstić information content (AvgIpc) is 3.41. The van der Waals surface area contributed by atoms with E-state index in [0.29, 0.717) is 12.8 Å². The van der Waals surface area contributed by atoms with E-state index < -0.39 is 47.4 Å². The van der Waals surface area contributed by atoms with Crippen molar-refractivity contribution in [2.45, 2.75) is 130 Å². The summed E-state index contributed by atoms with van der Waals surface area (Å²) in [5, 5.41) is 9.95. The summed E-state index contributed by atoms with van der Waals surface area (Å²) in [5.41, 5.74) is 1.97. The van der Waals surface area contributed by atoms with Crippen molar-refractivity contribution in [3.05, 3.63) is 67.8 Å². The van der Waals surface area contributed by atoms with Crippen molar-refractivity contribution >= 4 is 0 Å². The molecule has 2 saturated heterocycles. The van der Waals surface area contributed by atoms with E-state index in [0.717, 1.165) is 59.4 Å². The lowest BCUT2D eigenvalue weighted by Crippen LogP contribution is -2.44. The van der Waals surface area contributed by atoms with E-state index in [2.05, 4.69) is 32.9 Å². The lowest BCUT2D eigenvalue weighted by atomic mass is 10.1.